The molecular weight excluding hydrogens is 296 g/mol. The lowest BCUT2D eigenvalue weighted by Gasteiger charge is -2.08. The number of hydrogen-bond donors (Lipinski definition) is 1. The average Bonchev–Trinajstić information content (AvgIpc) is 2.86. The van der Waals surface area contributed by atoms with Gasteiger partial charge in [0.05, 0.1) is 11.2 Å². The topological polar surface area (TPSA) is 24.9 Å². The molecule has 1 aromatic heterocycles. The van der Waals surface area contributed by atoms with Crippen molar-refractivity contribution in [3.8, 4) is 0 Å². The molecule has 21 heavy (non-hydrogen) atoms. The molecule has 0 amide bonds. The Kier molecular flexibility index (Phi) is 6.74. The van der Waals surface area contributed by atoms with Gasteiger partial charge in [-0.2, -0.15) is 0 Å². The molecule has 1 heterocycles. The Morgan fingerprint density at radius 3 is 2.62 bits per heavy atom. The Morgan fingerprint density at radius 1 is 1.24 bits per heavy atom. The Morgan fingerprint density at radius 2 is 2.00 bits per heavy atom. The highest BCUT2D eigenvalue weighted by Gasteiger charge is 2.02. The van der Waals surface area contributed by atoms with Crippen molar-refractivity contribution in [1.29, 1.82) is 0 Å². The molecule has 0 saturated heterocycles. The molecule has 0 radical (unpaired) electrons. The summed E-state index contributed by atoms with van der Waals surface area (Å²) in [6, 6.07) is 8.92. The van der Waals surface area contributed by atoms with Crippen molar-refractivity contribution in [3.63, 3.8) is 0 Å². The van der Waals surface area contributed by atoms with E-state index in [-0.39, 0.29) is 0 Å². The number of thioether (sulfide) groups is 1. The predicted molar refractivity (Wildman–Crippen MR) is 94.3 cm³/mol. The summed E-state index contributed by atoms with van der Waals surface area (Å²) < 4.78 is 0. The van der Waals surface area contributed by atoms with Crippen LogP contribution in [0.2, 0.25) is 0 Å². The highest BCUT2D eigenvalue weighted by atomic mass is 32.2. The van der Waals surface area contributed by atoms with Gasteiger partial charge in [0.1, 0.15) is 0 Å². The fraction of sp³-hybridized carbons (Fsp3) is 0.471. The minimum Gasteiger partial charge on any atom is -0.312 e. The van der Waals surface area contributed by atoms with E-state index in [9.17, 15) is 0 Å². The third-order valence-corrected chi connectivity index (χ3v) is 5.26. The molecule has 0 fully saturated rings. The fourth-order valence-corrected chi connectivity index (χ4v) is 3.82. The van der Waals surface area contributed by atoms with E-state index >= 15 is 0 Å². The van der Waals surface area contributed by atoms with Crippen LogP contribution in [-0.2, 0) is 13.0 Å². The summed E-state index contributed by atoms with van der Waals surface area (Å²) in [6.07, 6.45) is 1.11. The predicted octanol–water partition coefficient (Wildman–Crippen LogP) is 4.53. The monoisotopic (exact) mass is 320 g/mol. The summed E-state index contributed by atoms with van der Waals surface area (Å²) in [4.78, 5) is 7.06. The highest BCUT2D eigenvalue weighted by Crippen LogP contribution is 2.22. The van der Waals surface area contributed by atoms with Gasteiger partial charge in [-0.1, -0.05) is 26.0 Å². The van der Waals surface area contributed by atoms with Gasteiger partial charge in [0, 0.05) is 22.1 Å². The first-order valence-electron chi connectivity index (χ1n) is 7.46. The first-order chi connectivity index (χ1) is 10.1. The molecular formula is C17H24N2S2. The van der Waals surface area contributed by atoms with Gasteiger partial charge in [0.25, 0.3) is 0 Å². The van der Waals surface area contributed by atoms with Crippen LogP contribution in [-0.4, -0.2) is 17.3 Å². The van der Waals surface area contributed by atoms with Crippen molar-refractivity contribution in [2.24, 2.45) is 5.92 Å². The van der Waals surface area contributed by atoms with Gasteiger partial charge in [-0.15, -0.1) is 23.1 Å². The number of aromatic nitrogens is 1. The molecule has 0 aliphatic rings. The number of hydrogen-bond acceptors (Lipinski definition) is 4. The number of rotatable bonds is 8. The fourth-order valence-electron chi connectivity index (χ4n) is 2.04. The van der Waals surface area contributed by atoms with Crippen molar-refractivity contribution in [2.45, 2.75) is 38.6 Å². The molecule has 0 spiro atoms. The summed E-state index contributed by atoms with van der Waals surface area (Å²) in [6.45, 7) is 8.60. The van der Waals surface area contributed by atoms with Gasteiger partial charge in [-0.25, -0.2) is 4.98 Å². The van der Waals surface area contributed by atoms with Crippen LogP contribution in [0, 0.1) is 12.8 Å². The summed E-state index contributed by atoms with van der Waals surface area (Å²) in [5.74, 6) is 1.82. The van der Waals surface area contributed by atoms with Gasteiger partial charge in [-0.05, 0) is 43.5 Å². The minimum absolute atomic E-state index is 0.704. The minimum atomic E-state index is 0.704. The molecule has 2 rings (SSSR count). The number of nitrogens with zero attached hydrogens (tertiary/aromatic N) is 1. The molecule has 4 heteroatoms. The lowest BCUT2D eigenvalue weighted by atomic mass is 10.2. The van der Waals surface area contributed by atoms with Crippen LogP contribution in [0.25, 0.3) is 0 Å². The molecule has 1 N–H and O–H groups in total. The average molecular weight is 321 g/mol. The van der Waals surface area contributed by atoms with Gasteiger partial charge in [0.15, 0.2) is 0 Å². The van der Waals surface area contributed by atoms with E-state index in [1.165, 1.54) is 21.0 Å². The molecule has 1 aromatic carbocycles. The first-order valence-corrected chi connectivity index (χ1v) is 9.33. The van der Waals surface area contributed by atoms with Gasteiger partial charge in [0.2, 0.25) is 0 Å². The van der Waals surface area contributed by atoms with Crippen LogP contribution in [0.3, 0.4) is 0 Å². The third kappa shape index (κ3) is 5.81. The summed E-state index contributed by atoms with van der Waals surface area (Å²) in [7, 11) is 0. The molecule has 0 unspecified atom stereocenters. The zero-order valence-corrected chi connectivity index (χ0v) is 14.7. The van der Waals surface area contributed by atoms with E-state index in [0.717, 1.165) is 25.3 Å². The van der Waals surface area contributed by atoms with Crippen LogP contribution in [0.4, 0.5) is 0 Å². The maximum Gasteiger partial charge on any atom is 0.0797 e. The molecule has 2 aromatic rings. The second-order valence-electron chi connectivity index (χ2n) is 5.63. The standard InChI is InChI=1S/C17H24N2S2/c1-13(2)10-18-11-15-4-6-16(7-5-15)20-9-8-17-14(3)19-12-21-17/h4-7,12-13,18H,8-11H2,1-3H3. The largest absolute Gasteiger partial charge is 0.312 e. The van der Waals surface area contributed by atoms with E-state index in [1.807, 2.05) is 17.3 Å². The second kappa shape index (κ2) is 8.57. The van der Waals surface area contributed by atoms with Crippen molar-refractivity contribution >= 4 is 23.1 Å². The van der Waals surface area contributed by atoms with E-state index in [1.54, 1.807) is 11.3 Å². The lowest BCUT2D eigenvalue weighted by Crippen LogP contribution is -2.18. The normalized spacial score (nSPS) is 11.2. The van der Waals surface area contributed by atoms with Crippen LogP contribution < -0.4 is 5.32 Å². The van der Waals surface area contributed by atoms with E-state index in [2.05, 4.69) is 55.3 Å². The highest BCUT2D eigenvalue weighted by molar-refractivity contribution is 7.99. The lowest BCUT2D eigenvalue weighted by molar-refractivity contribution is 0.552. The molecule has 0 atom stereocenters. The maximum atomic E-state index is 4.30. The van der Waals surface area contributed by atoms with Crippen molar-refractivity contribution in [1.82, 2.24) is 10.3 Å². The van der Waals surface area contributed by atoms with Crippen molar-refractivity contribution in [3.05, 3.63) is 45.9 Å². The smallest absolute Gasteiger partial charge is 0.0797 e. The van der Waals surface area contributed by atoms with E-state index in [4.69, 9.17) is 0 Å². The maximum absolute atomic E-state index is 4.30. The molecule has 114 valence electrons. The Labute approximate surface area is 136 Å². The van der Waals surface area contributed by atoms with Crippen LogP contribution in [0.5, 0.6) is 0 Å². The van der Waals surface area contributed by atoms with Crippen LogP contribution >= 0.6 is 23.1 Å². The van der Waals surface area contributed by atoms with Gasteiger partial charge < -0.3 is 5.32 Å². The van der Waals surface area contributed by atoms with E-state index in [0.29, 0.717) is 5.92 Å². The number of aryl methyl sites for hydroxylation is 2. The van der Waals surface area contributed by atoms with Crippen molar-refractivity contribution < 1.29 is 0 Å². The number of thiazole rings is 1. The summed E-state index contributed by atoms with van der Waals surface area (Å²) in [5.41, 5.74) is 4.49. The second-order valence-corrected chi connectivity index (χ2v) is 7.74. The summed E-state index contributed by atoms with van der Waals surface area (Å²) in [5, 5.41) is 3.48. The first kappa shape index (κ1) is 16.5. The zero-order valence-electron chi connectivity index (χ0n) is 13.1. The Bertz CT molecular complexity index is 532. The molecule has 0 aliphatic carbocycles. The zero-order chi connectivity index (χ0) is 15.1. The van der Waals surface area contributed by atoms with Gasteiger partial charge in [-0.3, -0.25) is 0 Å². The van der Waals surface area contributed by atoms with Gasteiger partial charge >= 0.3 is 0 Å². The van der Waals surface area contributed by atoms with Crippen LogP contribution in [0.15, 0.2) is 34.7 Å². The molecule has 2 nitrogen and oxygen atoms in total. The SMILES string of the molecule is Cc1ncsc1CCSc1ccc(CNCC(C)C)cc1. The summed E-state index contributed by atoms with van der Waals surface area (Å²) >= 11 is 3.69. The quantitative estimate of drug-likeness (QED) is 0.723. The Hall–Kier alpha value is -0.840. The molecule has 0 bridgehead atoms. The number of benzene rings is 1. The third-order valence-electron chi connectivity index (χ3n) is 3.25. The Balaban J connectivity index is 1.73. The van der Waals surface area contributed by atoms with Crippen molar-refractivity contribution in [2.75, 3.05) is 12.3 Å². The molecule has 0 aliphatic heterocycles. The van der Waals surface area contributed by atoms with Crippen LogP contribution in [0.1, 0.15) is 30.0 Å². The van der Waals surface area contributed by atoms with E-state index < -0.39 is 0 Å². The molecule has 0 saturated carbocycles. The number of nitrogens with one attached hydrogen (secondary N) is 1.